The van der Waals surface area contributed by atoms with E-state index in [1.807, 2.05) is 6.92 Å². The molecule has 1 rings (SSSR count). The van der Waals surface area contributed by atoms with Crippen LogP contribution in [0.15, 0.2) is 0 Å². The molecule has 4 heteroatoms. The lowest BCUT2D eigenvalue weighted by Crippen LogP contribution is -2.50. The summed E-state index contributed by atoms with van der Waals surface area (Å²) in [7, 11) is 0. The van der Waals surface area contributed by atoms with Crippen molar-refractivity contribution in [2.75, 3.05) is 19.7 Å². The van der Waals surface area contributed by atoms with Gasteiger partial charge < -0.3 is 15.7 Å². The van der Waals surface area contributed by atoms with Crippen molar-refractivity contribution in [3.8, 4) is 0 Å². The maximum Gasteiger partial charge on any atom is 0.233 e. The van der Waals surface area contributed by atoms with Crippen molar-refractivity contribution in [2.24, 2.45) is 0 Å². The molecule has 14 heavy (non-hydrogen) atoms. The molecule has 0 saturated heterocycles. The number of nitrogens with one attached hydrogen (secondary N) is 2. The number of aliphatic hydroxyl groups excluding tert-OH is 1. The first-order valence-corrected chi connectivity index (χ1v) is 5.35. The van der Waals surface area contributed by atoms with Gasteiger partial charge in [-0.2, -0.15) is 0 Å². The van der Waals surface area contributed by atoms with Crippen molar-refractivity contribution in [3.63, 3.8) is 0 Å². The van der Waals surface area contributed by atoms with E-state index in [0.29, 0.717) is 13.1 Å². The number of amides is 1. The van der Waals surface area contributed by atoms with Crippen molar-refractivity contribution in [1.29, 1.82) is 0 Å². The fourth-order valence-corrected chi connectivity index (χ4v) is 1.97. The van der Waals surface area contributed by atoms with Crippen LogP contribution >= 0.6 is 0 Å². The molecule has 1 aliphatic rings. The number of carbonyl (C=O) groups is 1. The van der Waals surface area contributed by atoms with Crippen LogP contribution in [0.4, 0.5) is 0 Å². The Kier molecular flexibility index (Phi) is 4.35. The predicted molar refractivity (Wildman–Crippen MR) is 55.0 cm³/mol. The highest BCUT2D eigenvalue weighted by atomic mass is 16.3. The summed E-state index contributed by atoms with van der Waals surface area (Å²) in [5, 5.41) is 15.2. The van der Waals surface area contributed by atoms with Crippen LogP contribution in [-0.2, 0) is 4.79 Å². The summed E-state index contributed by atoms with van der Waals surface area (Å²) < 4.78 is 0. The van der Waals surface area contributed by atoms with Crippen LogP contribution in [0.3, 0.4) is 0 Å². The largest absolute Gasteiger partial charge is 0.394 e. The van der Waals surface area contributed by atoms with Crippen molar-refractivity contribution >= 4 is 5.91 Å². The highest BCUT2D eigenvalue weighted by molar-refractivity contribution is 5.78. The molecule has 0 bridgehead atoms. The molecular formula is C10H20N2O2. The quantitative estimate of drug-likeness (QED) is 0.586. The summed E-state index contributed by atoms with van der Waals surface area (Å²) in [6.45, 7) is 3.00. The molecule has 4 nitrogen and oxygen atoms in total. The number of aliphatic hydroxyl groups is 1. The minimum atomic E-state index is -0.189. The second kappa shape index (κ2) is 5.32. The van der Waals surface area contributed by atoms with Crippen LogP contribution in [0.2, 0.25) is 0 Å². The van der Waals surface area contributed by atoms with Crippen molar-refractivity contribution in [3.05, 3.63) is 0 Å². The standard InChI is InChI=1S/C10H20N2O2/c1-2-11-9(14)7-12-10(8-13)5-3-4-6-10/h12-13H,2-8H2,1H3,(H,11,14). The maximum atomic E-state index is 11.2. The Labute approximate surface area is 85.1 Å². The van der Waals surface area contributed by atoms with Crippen LogP contribution < -0.4 is 10.6 Å². The fourth-order valence-electron chi connectivity index (χ4n) is 1.97. The lowest BCUT2D eigenvalue weighted by atomic mass is 9.99. The summed E-state index contributed by atoms with van der Waals surface area (Å²) in [4.78, 5) is 11.2. The third kappa shape index (κ3) is 2.96. The van der Waals surface area contributed by atoms with E-state index < -0.39 is 0 Å². The topological polar surface area (TPSA) is 61.4 Å². The first-order chi connectivity index (χ1) is 6.72. The summed E-state index contributed by atoms with van der Waals surface area (Å²) in [5.41, 5.74) is -0.189. The van der Waals surface area contributed by atoms with Crippen molar-refractivity contribution in [1.82, 2.24) is 10.6 Å². The Morgan fingerprint density at radius 3 is 2.57 bits per heavy atom. The Balaban J connectivity index is 2.30. The molecule has 1 fully saturated rings. The Bertz CT molecular complexity index is 189. The number of rotatable bonds is 5. The minimum Gasteiger partial charge on any atom is -0.394 e. The molecule has 1 saturated carbocycles. The van der Waals surface area contributed by atoms with Gasteiger partial charge in [0, 0.05) is 12.1 Å². The van der Waals surface area contributed by atoms with Gasteiger partial charge in [-0.25, -0.2) is 0 Å². The summed E-state index contributed by atoms with van der Waals surface area (Å²) in [6.07, 6.45) is 4.23. The van der Waals surface area contributed by atoms with Crippen LogP contribution in [0.1, 0.15) is 32.6 Å². The van der Waals surface area contributed by atoms with Gasteiger partial charge in [0.05, 0.1) is 13.2 Å². The van der Waals surface area contributed by atoms with Gasteiger partial charge in [-0.15, -0.1) is 0 Å². The van der Waals surface area contributed by atoms with E-state index in [2.05, 4.69) is 10.6 Å². The molecule has 0 spiro atoms. The second-order valence-electron chi connectivity index (χ2n) is 3.95. The summed E-state index contributed by atoms with van der Waals surface area (Å²) in [5.74, 6) is 0.00669. The number of likely N-dealkylation sites (N-methyl/N-ethyl adjacent to an activating group) is 1. The van der Waals surface area contributed by atoms with Crippen LogP contribution in [0.25, 0.3) is 0 Å². The summed E-state index contributed by atoms with van der Waals surface area (Å²) in [6, 6.07) is 0. The molecule has 0 aromatic heterocycles. The van der Waals surface area contributed by atoms with E-state index >= 15 is 0 Å². The highest BCUT2D eigenvalue weighted by Gasteiger charge is 2.32. The molecule has 0 heterocycles. The van der Waals surface area contributed by atoms with Crippen molar-refractivity contribution in [2.45, 2.75) is 38.1 Å². The first kappa shape index (κ1) is 11.5. The number of carbonyl (C=O) groups excluding carboxylic acids is 1. The van der Waals surface area contributed by atoms with Crippen LogP contribution in [0.5, 0.6) is 0 Å². The smallest absolute Gasteiger partial charge is 0.233 e. The zero-order valence-corrected chi connectivity index (χ0v) is 8.81. The Morgan fingerprint density at radius 2 is 2.07 bits per heavy atom. The van der Waals surface area contributed by atoms with E-state index in [1.54, 1.807) is 0 Å². The Morgan fingerprint density at radius 1 is 1.43 bits per heavy atom. The molecule has 1 amide bonds. The molecule has 0 aromatic rings. The van der Waals surface area contributed by atoms with E-state index in [0.717, 1.165) is 25.7 Å². The number of hydrogen-bond acceptors (Lipinski definition) is 3. The minimum absolute atomic E-state index is 0.00669. The predicted octanol–water partition coefficient (Wildman–Crippen LogP) is 0.0172. The molecule has 0 aliphatic heterocycles. The van der Waals surface area contributed by atoms with E-state index in [9.17, 15) is 9.90 Å². The average molecular weight is 200 g/mol. The molecule has 1 aliphatic carbocycles. The third-order valence-electron chi connectivity index (χ3n) is 2.86. The first-order valence-electron chi connectivity index (χ1n) is 5.35. The van der Waals surface area contributed by atoms with Gasteiger partial charge in [-0.3, -0.25) is 4.79 Å². The average Bonchev–Trinajstić information content (AvgIpc) is 2.65. The number of hydrogen-bond donors (Lipinski definition) is 3. The van der Waals surface area contributed by atoms with Gasteiger partial charge in [0.1, 0.15) is 0 Å². The molecule has 0 unspecified atom stereocenters. The van der Waals surface area contributed by atoms with E-state index in [1.165, 1.54) is 0 Å². The fraction of sp³-hybridized carbons (Fsp3) is 0.900. The molecular weight excluding hydrogens is 180 g/mol. The van der Waals surface area contributed by atoms with Gasteiger partial charge in [0.15, 0.2) is 0 Å². The normalized spacial score (nSPS) is 19.6. The third-order valence-corrected chi connectivity index (χ3v) is 2.86. The Hall–Kier alpha value is -0.610. The highest BCUT2D eigenvalue weighted by Crippen LogP contribution is 2.28. The van der Waals surface area contributed by atoms with Gasteiger partial charge in [0.2, 0.25) is 5.91 Å². The maximum absolute atomic E-state index is 11.2. The molecule has 3 N–H and O–H groups in total. The van der Waals surface area contributed by atoms with Crippen LogP contribution in [-0.4, -0.2) is 36.2 Å². The lowest BCUT2D eigenvalue weighted by Gasteiger charge is -2.27. The molecule has 0 radical (unpaired) electrons. The van der Waals surface area contributed by atoms with Gasteiger partial charge >= 0.3 is 0 Å². The molecule has 0 aromatic carbocycles. The van der Waals surface area contributed by atoms with Crippen LogP contribution in [0, 0.1) is 0 Å². The molecule has 82 valence electrons. The zero-order valence-electron chi connectivity index (χ0n) is 8.81. The summed E-state index contributed by atoms with van der Waals surface area (Å²) >= 11 is 0. The molecule has 0 atom stereocenters. The van der Waals surface area contributed by atoms with Crippen molar-refractivity contribution < 1.29 is 9.90 Å². The second-order valence-corrected chi connectivity index (χ2v) is 3.95. The SMILES string of the molecule is CCNC(=O)CNC1(CO)CCCC1. The van der Waals surface area contributed by atoms with Gasteiger partial charge in [-0.05, 0) is 19.8 Å². The van der Waals surface area contributed by atoms with Gasteiger partial charge in [0.25, 0.3) is 0 Å². The lowest BCUT2D eigenvalue weighted by molar-refractivity contribution is -0.120. The zero-order chi connectivity index (χ0) is 10.4. The van der Waals surface area contributed by atoms with E-state index in [-0.39, 0.29) is 18.1 Å². The van der Waals surface area contributed by atoms with Gasteiger partial charge in [-0.1, -0.05) is 12.8 Å². The van der Waals surface area contributed by atoms with E-state index in [4.69, 9.17) is 0 Å². The monoisotopic (exact) mass is 200 g/mol.